The number of aromatic nitrogens is 6. The normalized spacial score (nSPS) is 11.3. The number of hydrogen-bond acceptors (Lipinski definition) is 5. The van der Waals surface area contributed by atoms with Gasteiger partial charge in [-0.2, -0.15) is 5.10 Å². The largest absolute Gasteiger partial charge is 0.497 e. The maximum absolute atomic E-state index is 6.31. The summed E-state index contributed by atoms with van der Waals surface area (Å²) in [6.07, 6.45) is 3.43. The number of para-hydroxylation sites is 1. The summed E-state index contributed by atoms with van der Waals surface area (Å²) < 4.78 is 8.77. The zero-order valence-electron chi connectivity index (χ0n) is 14.2. The van der Waals surface area contributed by atoms with Crippen molar-refractivity contribution in [3.63, 3.8) is 0 Å². The van der Waals surface area contributed by atoms with Gasteiger partial charge in [-0.1, -0.05) is 23.7 Å². The molecule has 0 amide bonds. The third kappa shape index (κ3) is 2.43. The van der Waals surface area contributed by atoms with Gasteiger partial charge in [0.05, 0.1) is 29.4 Å². The maximum atomic E-state index is 6.31. The first-order chi connectivity index (χ1) is 13.3. The van der Waals surface area contributed by atoms with Crippen LogP contribution in [-0.4, -0.2) is 36.5 Å². The van der Waals surface area contributed by atoms with Crippen molar-refractivity contribution < 1.29 is 4.74 Å². The Labute approximate surface area is 158 Å². The van der Waals surface area contributed by atoms with Crippen LogP contribution in [-0.2, 0) is 0 Å². The molecule has 0 aliphatic carbocycles. The molecule has 3 aromatic heterocycles. The highest BCUT2D eigenvalue weighted by atomic mass is 35.5. The Bertz CT molecular complexity index is 1270. The summed E-state index contributed by atoms with van der Waals surface area (Å²) in [5.41, 5.74) is 3.04. The van der Waals surface area contributed by atoms with Crippen LogP contribution in [0.25, 0.3) is 33.8 Å². The summed E-state index contributed by atoms with van der Waals surface area (Å²) in [6, 6.07) is 15.2. The highest BCUT2D eigenvalue weighted by Gasteiger charge is 2.16. The standard InChI is InChI=1S/C19H13ClN6O/c1-27-13-8-6-12(7-9-13)17-23-24-19-14-10-22-26(18(14)21-11-25(17)19)16-5-3-2-4-15(16)20/h2-11H,1H3. The lowest BCUT2D eigenvalue weighted by Gasteiger charge is -2.05. The highest BCUT2D eigenvalue weighted by molar-refractivity contribution is 6.32. The Morgan fingerprint density at radius 1 is 0.963 bits per heavy atom. The summed E-state index contributed by atoms with van der Waals surface area (Å²) >= 11 is 6.31. The second kappa shape index (κ2) is 6.07. The van der Waals surface area contributed by atoms with E-state index in [1.54, 1.807) is 24.3 Å². The fourth-order valence-corrected chi connectivity index (χ4v) is 3.27. The van der Waals surface area contributed by atoms with Crippen molar-refractivity contribution in [2.45, 2.75) is 0 Å². The van der Waals surface area contributed by atoms with Gasteiger partial charge in [-0.15, -0.1) is 10.2 Å². The van der Waals surface area contributed by atoms with E-state index in [-0.39, 0.29) is 0 Å². The first-order valence-corrected chi connectivity index (χ1v) is 8.61. The van der Waals surface area contributed by atoms with E-state index in [2.05, 4.69) is 20.3 Å². The fourth-order valence-electron chi connectivity index (χ4n) is 3.06. The molecule has 0 aliphatic rings. The molecule has 0 unspecified atom stereocenters. The van der Waals surface area contributed by atoms with Gasteiger partial charge in [-0.3, -0.25) is 4.40 Å². The molecule has 0 saturated heterocycles. The van der Waals surface area contributed by atoms with Gasteiger partial charge < -0.3 is 4.74 Å². The van der Waals surface area contributed by atoms with Crippen molar-refractivity contribution in [2.75, 3.05) is 7.11 Å². The van der Waals surface area contributed by atoms with Crippen LogP contribution in [0.2, 0.25) is 5.02 Å². The Hall–Kier alpha value is -3.45. The average Bonchev–Trinajstić information content (AvgIpc) is 3.32. The molecule has 5 rings (SSSR count). The lowest BCUT2D eigenvalue weighted by Crippen LogP contribution is -1.99. The van der Waals surface area contributed by atoms with E-state index in [4.69, 9.17) is 16.3 Å². The average molecular weight is 377 g/mol. The molecule has 132 valence electrons. The van der Waals surface area contributed by atoms with Gasteiger partial charge in [0.2, 0.25) is 0 Å². The summed E-state index contributed by atoms with van der Waals surface area (Å²) in [5.74, 6) is 1.49. The zero-order valence-corrected chi connectivity index (χ0v) is 15.0. The molecule has 0 spiro atoms. The van der Waals surface area contributed by atoms with Crippen LogP contribution < -0.4 is 4.74 Å². The molecule has 27 heavy (non-hydrogen) atoms. The van der Waals surface area contributed by atoms with Gasteiger partial charge in [-0.05, 0) is 36.4 Å². The number of rotatable bonds is 3. The van der Waals surface area contributed by atoms with Gasteiger partial charge in [0.1, 0.15) is 12.1 Å². The molecule has 0 saturated carbocycles. The molecule has 0 N–H and O–H groups in total. The number of ether oxygens (including phenoxy) is 1. The lowest BCUT2D eigenvalue weighted by molar-refractivity contribution is 0.415. The number of halogens is 1. The van der Waals surface area contributed by atoms with Crippen LogP contribution in [0.1, 0.15) is 0 Å². The van der Waals surface area contributed by atoms with Crippen LogP contribution in [0, 0.1) is 0 Å². The maximum Gasteiger partial charge on any atom is 0.175 e. The Morgan fingerprint density at radius 3 is 2.56 bits per heavy atom. The number of hydrogen-bond donors (Lipinski definition) is 0. The molecule has 0 atom stereocenters. The van der Waals surface area contributed by atoms with E-state index >= 15 is 0 Å². The van der Waals surface area contributed by atoms with Crippen LogP contribution in [0.15, 0.2) is 61.1 Å². The van der Waals surface area contributed by atoms with Crippen molar-refractivity contribution in [2.24, 2.45) is 0 Å². The highest BCUT2D eigenvalue weighted by Crippen LogP contribution is 2.27. The minimum absolute atomic E-state index is 0.601. The molecule has 3 heterocycles. The van der Waals surface area contributed by atoms with Crippen LogP contribution in [0.3, 0.4) is 0 Å². The van der Waals surface area contributed by atoms with E-state index in [0.29, 0.717) is 22.1 Å². The number of methoxy groups -OCH3 is 1. The number of benzene rings is 2. The molecule has 0 radical (unpaired) electrons. The third-order valence-electron chi connectivity index (χ3n) is 4.40. The molecular weight excluding hydrogens is 364 g/mol. The van der Waals surface area contributed by atoms with E-state index in [0.717, 1.165) is 22.4 Å². The predicted octanol–water partition coefficient (Wildman–Crippen LogP) is 3.79. The summed E-state index contributed by atoms with van der Waals surface area (Å²) in [7, 11) is 1.64. The molecule has 8 heteroatoms. The molecule has 0 fully saturated rings. The van der Waals surface area contributed by atoms with Gasteiger partial charge in [0, 0.05) is 5.56 Å². The first-order valence-electron chi connectivity index (χ1n) is 8.23. The summed E-state index contributed by atoms with van der Waals surface area (Å²) in [6.45, 7) is 0. The smallest absolute Gasteiger partial charge is 0.175 e. The minimum atomic E-state index is 0.601. The molecule has 0 bridgehead atoms. The monoisotopic (exact) mass is 376 g/mol. The van der Waals surface area contributed by atoms with Crippen molar-refractivity contribution in [3.05, 3.63) is 66.1 Å². The van der Waals surface area contributed by atoms with Gasteiger partial charge in [0.15, 0.2) is 17.1 Å². The van der Waals surface area contributed by atoms with Gasteiger partial charge in [0.25, 0.3) is 0 Å². The second-order valence-electron chi connectivity index (χ2n) is 5.94. The molecule has 2 aromatic carbocycles. The Kier molecular flexibility index (Phi) is 3.54. The van der Waals surface area contributed by atoms with Crippen LogP contribution in [0.4, 0.5) is 0 Å². The lowest BCUT2D eigenvalue weighted by atomic mass is 10.2. The molecule has 5 aromatic rings. The van der Waals surface area contributed by atoms with Crippen LogP contribution >= 0.6 is 11.6 Å². The summed E-state index contributed by atoms with van der Waals surface area (Å²) in [5, 5.41) is 14.5. The van der Waals surface area contributed by atoms with Crippen molar-refractivity contribution in [1.29, 1.82) is 0 Å². The number of fused-ring (bicyclic) bond motifs is 3. The SMILES string of the molecule is COc1ccc(-c2nnc3c4cnn(-c5ccccc5Cl)c4ncn23)cc1. The topological polar surface area (TPSA) is 70.1 Å². The van der Waals surface area contributed by atoms with Gasteiger partial charge in [-0.25, -0.2) is 9.67 Å². The van der Waals surface area contributed by atoms with E-state index < -0.39 is 0 Å². The zero-order chi connectivity index (χ0) is 18.4. The van der Waals surface area contributed by atoms with E-state index in [1.165, 1.54) is 0 Å². The minimum Gasteiger partial charge on any atom is -0.497 e. The summed E-state index contributed by atoms with van der Waals surface area (Å²) in [4.78, 5) is 4.58. The Balaban J connectivity index is 1.69. The number of nitrogens with zero attached hydrogens (tertiary/aromatic N) is 6. The predicted molar refractivity (Wildman–Crippen MR) is 102 cm³/mol. The second-order valence-corrected chi connectivity index (χ2v) is 6.34. The first kappa shape index (κ1) is 15.8. The molecule has 7 nitrogen and oxygen atoms in total. The Morgan fingerprint density at radius 2 is 1.78 bits per heavy atom. The van der Waals surface area contributed by atoms with Crippen molar-refractivity contribution >= 4 is 28.3 Å². The van der Waals surface area contributed by atoms with Crippen LogP contribution in [0.5, 0.6) is 5.75 Å². The van der Waals surface area contributed by atoms with Crippen molar-refractivity contribution in [3.8, 4) is 22.8 Å². The van der Waals surface area contributed by atoms with E-state index in [1.807, 2.05) is 52.9 Å². The van der Waals surface area contributed by atoms with Gasteiger partial charge >= 0.3 is 0 Å². The van der Waals surface area contributed by atoms with E-state index in [9.17, 15) is 0 Å². The quantitative estimate of drug-likeness (QED) is 0.479. The van der Waals surface area contributed by atoms with Crippen molar-refractivity contribution in [1.82, 2.24) is 29.4 Å². The third-order valence-corrected chi connectivity index (χ3v) is 4.72. The molecular formula is C19H13ClN6O. The fraction of sp³-hybridized carbons (Fsp3) is 0.0526. The molecule has 0 aliphatic heterocycles.